The summed E-state index contributed by atoms with van der Waals surface area (Å²) in [7, 11) is 0. The molecule has 3 N–H and O–H groups in total. The molecule has 3 rings (SSSR count). The topological polar surface area (TPSA) is 128 Å². The first kappa shape index (κ1) is 15.3. The zero-order chi connectivity index (χ0) is 16.6. The van der Waals surface area contributed by atoms with Gasteiger partial charge < -0.3 is 10.7 Å². The third-order valence-electron chi connectivity index (χ3n) is 2.93. The van der Waals surface area contributed by atoms with Gasteiger partial charge in [-0.05, 0) is 30.0 Å². The Bertz CT molecular complexity index is 943. The van der Waals surface area contributed by atoms with Crippen LogP contribution in [0.25, 0.3) is 11.0 Å². The average molecular weight is 350 g/mol. The number of primary amides is 1. The highest BCUT2D eigenvalue weighted by Gasteiger charge is 2.18. The molecule has 0 aliphatic rings. The standard InChI is InChI=1S/C13H8ClN5O3S/c14-6-1-2-9-10(3-6)18-13(17-9)23-12-8(11(15)20)4-7(5-16-12)19(21)22/h1-5H,(H2,15,20)(H,17,18). The number of fused-ring (bicyclic) bond motifs is 1. The van der Waals surface area contributed by atoms with Crippen molar-refractivity contribution in [2.75, 3.05) is 0 Å². The van der Waals surface area contributed by atoms with Gasteiger partial charge in [-0.15, -0.1) is 0 Å². The molecule has 0 aliphatic carbocycles. The third-order valence-corrected chi connectivity index (χ3v) is 4.07. The number of nitrogens with zero attached hydrogens (tertiary/aromatic N) is 3. The smallest absolute Gasteiger partial charge is 0.288 e. The van der Waals surface area contributed by atoms with Crippen molar-refractivity contribution in [2.24, 2.45) is 5.73 Å². The summed E-state index contributed by atoms with van der Waals surface area (Å²) in [6.07, 6.45) is 1.06. The van der Waals surface area contributed by atoms with Gasteiger partial charge in [0, 0.05) is 11.1 Å². The van der Waals surface area contributed by atoms with Crippen molar-refractivity contribution in [2.45, 2.75) is 10.2 Å². The molecular weight excluding hydrogens is 342 g/mol. The molecule has 8 nitrogen and oxygen atoms in total. The number of aromatic nitrogens is 3. The average Bonchev–Trinajstić information content (AvgIpc) is 2.88. The van der Waals surface area contributed by atoms with Gasteiger partial charge in [-0.2, -0.15) is 0 Å². The second-order valence-corrected chi connectivity index (χ2v) is 5.89. The number of pyridine rings is 1. The van der Waals surface area contributed by atoms with Crippen LogP contribution in [0.5, 0.6) is 0 Å². The summed E-state index contributed by atoms with van der Waals surface area (Å²) in [5.41, 5.74) is 6.34. The van der Waals surface area contributed by atoms with E-state index >= 15 is 0 Å². The van der Waals surface area contributed by atoms with Crippen LogP contribution in [0.3, 0.4) is 0 Å². The quantitative estimate of drug-likeness (QED) is 0.550. The number of carbonyl (C=O) groups excluding carboxylic acids is 1. The summed E-state index contributed by atoms with van der Waals surface area (Å²) in [6, 6.07) is 6.26. The molecule has 0 atom stereocenters. The number of amides is 1. The molecule has 1 amide bonds. The van der Waals surface area contributed by atoms with E-state index in [4.69, 9.17) is 17.3 Å². The fourth-order valence-corrected chi connectivity index (χ4v) is 2.93. The highest BCUT2D eigenvalue weighted by Crippen LogP contribution is 2.30. The summed E-state index contributed by atoms with van der Waals surface area (Å²) >= 11 is 6.96. The van der Waals surface area contributed by atoms with Crippen LogP contribution in [0.2, 0.25) is 5.02 Å². The van der Waals surface area contributed by atoms with Gasteiger partial charge in [-0.3, -0.25) is 14.9 Å². The number of nitrogens with one attached hydrogen (secondary N) is 1. The minimum Gasteiger partial charge on any atom is -0.366 e. The van der Waals surface area contributed by atoms with E-state index in [9.17, 15) is 14.9 Å². The predicted octanol–water partition coefficient (Wildman–Crippen LogP) is 2.77. The summed E-state index contributed by atoms with van der Waals surface area (Å²) in [5, 5.41) is 12.0. The molecule has 0 unspecified atom stereocenters. The molecule has 3 aromatic rings. The number of halogens is 1. The molecule has 2 heterocycles. The van der Waals surface area contributed by atoms with Crippen LogP contribution < -0.4 is 5.73 Å². The molecule has 0 fully saturated rings. The van der Waals surface area contributed by atoms with Crippen molar-refractivity contribution in [3.8, 4) is 0 Å². The van der Waals surface area contributed by atoms with Crippen molar-refractivity contribution in [1.82, 2.24) is 15.0 Å². The van der Waals surface area contributed by atoms with E-state index in [2.05, 4.69) is 15.0 Å². The molecule has 1 aromatic carbocycles. The Balaban J connectivity index is 2.00. The number of imidazole rings is 1. The number of aromatic amines is 1. The summed E-state index contributed by atoms with van der Waals surface area (Å²) < 4.78 is 0. The van der Waals surface area contributed by atoms with Crippen molar-refractivity contribution < 1.29 is 9.72 Å². The Morgan fingerprint density at radius 3 is 2.87 bits per heavy atom. The molecule has 0 spiro atoms. The molecular formula is C13H8ClN5O3S. The van der Waals surface area contributed by atoms with Crippen LogP contribution in [0.15, 0.2) is 40.6 Å². The molecule has 10 heteroatoms. The fourth-order valence-electron chi connectivity index (χ4n) is 1.90. The zero-order valence-corrected chi connectivity index (χ0v) is 12.9. The van der Waals surface area contributed by atoms with Crippen LogP contribution >= 0.6 is 23.4 Å². The Labute approximate surface area is 138 Å². The number of hydrogen-bond donors (Lipinski definition) is 2. The number of hydrogen-bond acceptors (Lipinski definition) is 6. The van der Waals surface area contributed by atoms with Crippen LogP contribution in [0.4, 0.5) is 5.69 Å². The largest absolute Gasteiger partial charge is 0.366 e. The molecule has 23 heavy (non-hydrogen) atoms. The van der Waals surface area contributed by atoms with Gasteiger partial charge in [0.15, 0.2) is 5.16 Å². The first-order valence-electron chi connectivity index (χ1n) is 6.21. The number of nitrogens with two attached hydrogens (primary N) is 1. The Hall–Kier alpha value is -2.65. The van der Waals surface area contributed by atoms with Gasteiger partial charge in [0.05, 0.1) is 21.5 Å². The number of carbonyl (C=O) groups is 1. The Kier molecular flexibility index (Phi) is 3.89. The van der Waals surface area contributed by atoms with Gasteiger partial charge in [0.25, 0.3) is 11.6 Å². The summed E-state index contributed by atoms with van der Waals surface area (Å²) in [4.78, 5) is 32.9. The lowest BCUT2D eigenvalue weighted by Gasteiger charge is -2.03. The van der Waals surface area contributed by atoms with Gasteiger partial charge in [-0.25, -0.2) is 9.97 Å². The second kappa shape index (κ2) is 5.86. The predicted molar refractivity (Wildman–Crippen MR) is 84.6 cm³/mol. The van der Waals surface area contributed by atoms with E-state index in [0.29, 0.717) is 15.7 Å². The zero-order valence-electron chi connectivity index (χ0n) is 11.3. The van der Waals surface area contributed by atoms with E-state index in [-0.39, 0.29) is 16.3 Å². The molecule has 2 aromatic heterocycles. The second-order valence-electron chi connectivity index (χ2n) is 4.47. The number of benzene rings is 1. The van der Waals surface area contributed by atoms with Crippen molar-refractivity contribution in [3.05, 3.63) is 51.2 Å². The maximum absolute atomic E-state index is 11.5. The molecule has 0 saturated carbocycles. The first-order chi connectivity index (χ1) is 10.9. The molecule has 116 valence electrons. The van der Waals surface area contributed by atoms with Crippen LogP contribution in [0.1, 0.15) is 10.4 Å². The highest BCUT2D eigenvalue weighted by atomic mass is 35.5. The van der Waals surface area contributed by atoms with E-state index in [1.165, 1.54) is 0 Å². The minimum atomic E-state index is -0.803. The number of rotatable bonds is 4. The van der Waals surface area contributed by atoms with E-state index in [1.54, 1.807) is 18.2 Å². The van der Waals surface area contributed by atoms with Crippen LogP contribution in [-0.4, -0.2) is 25.8 Å². The third kappa shape index (κ3) is 3.10. The lowest BCUT2D eigenvalue weighted by molar-refractivity contribution is -0.385. The molecule has 0 radical (unpaired) electrons. The van der Waals surface area contributed by atoms with Crippen LogP contribution in [-0.2, 0) is 0 Å². The Morgan fingerprint density at radius 2 is 2.17 bits per heavy atom. The summed E-state index contributed by atoms with van der Waals surface area (Å²) in [6.45, 7) is 0. The number of H-pyrrole nitrogens is 1. The fraction of sp³-hybridized carbons (Fsp3) is 0. The van der Waals surface area contributed by atoms with Gasteiger partial charge in [-0.1, -0.05) is 11.6 Å². The summed E-state index contributed by atoms with van der Waals surface area (Å²) in [5.74, 6) is -0.803. The maximum Gasteiger partial charge on any atom is 0.288 e. The van der Waals surface area contributed by atoms with Crippen molar-refractivity contribution in [1.29, 1.82) is 0 Å². The van der Waals surface area contributed by atoms with Crippen LogP contribution in [0, 0.1) is 10.1 Å². The van der Waals surface area contributed by atoms with E-state index in [0.717, 1.165) is 29.5 Å². The van der Waals surface area contributed by atoms with Crippen molar-refractivity contribution >= 4 is 46.0 Å². The monoisotopic (exact) mass is 349 g/mol. The van der Waals surface area contributed by atoms with Gasteiger partial charge in [0.2, 0.25) is 0 Å². The first-order valence-corrected chi connectivity index (χ1v) is 7.41. The Morgan fingerprint density at radius 1 is 1.39 bits per heavy atom. The minimum absolute atomic E-state index is 0.0392. The van der Waals surface area contributed by atoms with Gasteiger partial charge >= 0.3 is 0 Å². The SMILES string of the molecule is NC(=O)c1cc([N+](=O)[O-])cnc1Sc1nc2ccc(Cl)cc2[nH]1. The molecule has 0 bridgehead atoms. The van der Waals surface area contributed by atoms with E-state index in [1.807, 2.05) is 0 Å². The lowest BCUT2D eigenvalue weighted by atomic mass is 10.2. The molecule has 0 aliphatic heterocycles. The van der Waals surface area contributed by atoms with Crippen molar-refractivity contribution in [3.63, 3.8) is 0 Å². The number of nitro groups is 1. The normalized spacial score (nSPS) is 10.8. The lowest BCUT2D eigenvalue weighted by Crippen LogP contribution is -2.13. The molecule has 0 saturated heterocycles. The maximum atomic E-state index is 11.5. The highest BCUT2D eigenvalue weighted by molar-refractivity contribution is 7.99. The van der Waals surface area contributed by atoms with E-state index < -0.39 is 10.8 Å². The van der Waals surface area contributed by atoms with Gasteiger partial charge in [0.1, 0.15) is 11.2 Å².